The van der Waals surface area contributed by atoms with Crippen LogP contribution < -0.4 is 10.6 Å². The average molecular weight is 664 g/mol. The van der Waals surface area contributed by atoms with E-state index in [1.54, 1.807) is 12.1 Å². The molecule has 0 unspecified atom stereocenters. The molecule has 0 aliphatic carbocycles. The van der Waals surface area contributed by atoms with Gasteiger partial charge in [0.1, 0.15) is 11.5 Å². The van der Waals surface area contributed by atoms with Crippen LogP contribution in [-0.2, 0) is 12.8 Å². The van der Waals surface area contributed by atoms with Crippen molar-refractivity contribution >= 4 is 45.2 Å². The number of aromatic hydroxyl groups is 2. The topological polar surface area (TPSA) is 64.5 Å². The quantitative estimate of drug-likeness (QED) is 0.117. The van der Waals surface area contributed by atoms with E-state index >= 15 is 0 Å². The average Bonchev–Trinajstić information content (AvgIpc) is 2.77. The van der Waals surface area contributed by atoms with Crippen LogP contribution >= 0.6 is 45.2 Å². The molecule has 4 nitrogen and oxygen atoms in total. The maximum Gasteiger partial charge on any atom is 0.128 e. The van der Waals surface area contributed by atoms with Crippen molar-refractivity contribution in [3.63, 3.8) is 0 Å². The van der Waals surface area contributed by atoms with Gasteiger partial charge in [0.15, 0.2) is 0 Å². The Kier molecular flexibility index (Phi) is 14.6. The van der Waals surface area contributed by atoms with E-state index in [-0.39, 0.29) is 0 Å². The maximum atomic E-state index is 9.57. The first-order valence-corrected chi connectivity index (χ1v) is 14.1. The number of phenolic OH excluding ortho intramolecular Hbond substituents is 2. The molecule has 0 heterocycles. The van der Waals surface area contributed by atoms with Gasteiger partial charge in [-0.3, -0.25) is 0 Å². The Bertz CT molecular complexity index is 786. The van der Waals surface area contributed by atoms with Gasteiger partial charge in [0.2, 0.25) is 0 Å². The monoisotopic (exact) mass is 664 g/mol. The van der Waals surface area contributed by atoms with Crippen molar-refractivity contribution < 1.29 is 10.2 Å². The molecular formula is C26H38I2N2O2. The standard InChI is InChI=1S/C26H38I2N2O2/c27-24-20-23(31)11-10-22(24)14-18-30-16-8-6-4-2-1-3-5-7-15-29-17-13-21-9-12-26(32)25(28)19-21/h9-12,19-20,29-32H,1-8,13-18H2. The smallest absolute Gasteiger partial charge is 0.128 e. The Labute approximate surface area is 221 Å². The van der Waals surface area contributed by atoms with Crippen molar-refractivity contribution in [1.29, 1.82) is 0 Å². The number of unbranched alkanes of at least 4 members (excludes halogenated alkanes) is 7. The second kappa shape index (κ2) is 16.9. The van der Waals surface area contributed by atoms with Gasteiger partial charge < -0.3 is 20.8 Å². The van der Waals surface area contributed by atoms with Gasteiger partial charge in [0.25, 0.3) is 0 Å². The molecule has 0 spiro atoms. The van der Waals surface area contributed by atoms with Crippen LogP contribution in [0, 0.1) is 7.14 Å². The molecule has 2 rings (SSSR count). The highest BCUT2D eigenvalue weighted by atomic mass is 127. The first-order chi connectivity index (χ1) is 15.6. The molecule has 32 heavy (non-hydrogen) atoms. The van der Waals surface area contributed by atoms with E-state index in [1.165, 1.54) is 62.5 Å². The van der Waals surface area contributed by atoms with Crippen molar-refractivity contribution in [2.45, 2.75) is 64.2 Å². The number of benzene rings is 2. The predicted molar refractivity (Wildman–Crippen MR) is 152 cm³/mol. The molecule has 4 N–H and O–H groups in total. The van der Waals surface area contributed by atoms with Crippen LogP contribution in [0.5, 0.6) is 11.5 Å². The lowest BCUT2D eigenvalue weighted by Gasteiger charge is -2.07. The van der Waals surface area contributed by atoms with Crippen molar-refractivity contribution in [1.82, 2.24) is 10.6 Å². The molecule has 6 heteroatoms. The highest BCUT2D eigenvalue weighted by molar-refractivity contribution is 14.1. The minimum atomic E-state index is 0.347. The summed E-state index contributed by atoms with van der Waals surface area (Å²) in [6, 6.07) is 11.5. The third-order valence-electron chi connectivity index (χ3n) is 5.67. The SMILES string of the molecule is Oc1ccc(CCNCCCCCCCCCCNCCc2ccc(O)c(I)c2)c(I)c1. The molecule has 2 aromatic rings. The van der Waals surface area contributed by atoms with E-state index in [0.29, 0.717) is 11.5 Å². The maximum absolute atomic E-state index is 9.57. The molecule has 0 aliphatic heterocycles. The first-order valence-electron chi connectivity index (χ1n) is 11.9. The summed E-state index contributed by atoms with van der Waals surface area (Å²) < 4.78 is 2.07. The highest BCUT2D eigenvalue weighted by Crippen LogP contribution is 2.20. The van der Waals surface area contributed by atoms with E-state index < -0.39 is 0 Å². The molecule has 0 radical (unpaired) electrons. The van der Waals surface area contributed by atoms with Crippen LogP contribution in [-0.4, -0.2) is 36.4 Å². The van der Waals surface area contributed by atoms with Crippen molar-refractivity contribution in [2.24, 2.45) is 0 Å². The van der Waals surface area contributed by atoms with Gasteiger partial charge in [-0.15, -0.1) is 0 Å². The zero-order chi connectivity index (χ0) is 23.0. The lowest BCUT2D eigenvalue weighted by atomic mass is 10.1. The third-order valence-corrected chi connectivity index (χ3v) is 7.54. The molecule has 2 aromatic carbocycles. The van der Waals surface area contributed by atoms with Gasteiger partial charge >= 0.3 is 0 Å². The molecular weight excluding hydrogens is 626 g/mol. The molecule has 178 valence electrons. The highest BCUT2D eigenvalue weighted by Gasteiger charge is 2.01. The van der Waals surface area contributed by atoms with E-state index in [4.69, 9.17) is 0 Å². The molecule has 0 aromatic heterocycles. The van der Waals surface area contributed by atoms with Crippen LogP contribution in [0.4, 0.5) is 0 Å². The second-order valence-electron chi connectivity index (χ2n) is 8.39. The molecule has 0 saturated carbocycles. The molecule has 0 atom stereocenters. The van der Waals surface area contributed by atoms with Gasteiger partial charge in [-0.25, -0.2) is 0 Å². The van der Waals surface area contributed by atoms with Crippen LogP contribution in [0.1, 0.15) is 62.5 Å². The van der Waals surface area contributed by atoms with Crippen LogP contribution in [0.25, 0.3) is 0 Å². The van der Waals surface area contributed by atoms with Crippen molar-refractivity contribution in [3.05, 3.63) is 54.7 Å². The Morgan fingerprint density at radius 1 is 0.594 bits per heavy atom. The van der Waals surface area contributed by atoms with E-state index in [0.717, 1.165) is 46.2 Å². The third kappa shape index (κ3) is 12.0. The Morgan fingerprint density at radius 3 is 1.78 bits per heavy atom. The van der Waals surface area contributed by atoms with Gasteiger partial charge in [-0.05, 0) is 132 Å². The van der Waals surface area contributed by atoms with Crippen LogP contribution in [0.3, 0.4) is 0 Å². The predicted octanol–water partition coefficient (Wildman–Crippen LogP) is 6.39. The zero-order valence-corrected chi connectivity index (χ0v) is 23.3. The number of rotatable bonds is 17. The summed E-state index contributed by atoms with van der Waals surface area (Å²) in [5.74, 6) is 0.718. The van der Waals surface area contributed by atoms with Crippen molar-refractivity contribution in [2.75, 3.05) is 26.2 Å². The minimum Gasteiger partial charge on any atom is -0.508 e. The Morgan fingerprint density at radius 2 is 1.19 bits per heavy atom. The summed E-state index contributed by atoms with van der Waals surface area (Å²) in [4.78, 5) is 0. The van der Waals surface area contributed by atoms with Crippen LogP contribution in [0.2, 0.25) is 0 Å². The van der Waals surface area contributed by atoms with Gasteiger partial charge in [-0.2, -0.15) is 0 Å². The summed E-state index contributed by atoms with van der Waals surface area (Å²) in [7, 11) is 0. The van der Waals surface area contributed by atoms with E-state index in [2.05, 4.69) is 61.9 Å². The van der Waals surface area contributed by atoms with E-state index in [1.807, 2.05) is 18.2 Å². The fourth-order valence-corrected chi connectivity index (χ4v) is 5.06. The second-order valence-corrected chi connectivity index (χ2v) is 10.7. The summed E-state index contributed by atoms with van der Waals surface area (Å²) in [5.41, 5.74) is 2.58. The number of hydrogen-bond donors (Lipinski definition) is 4. The Hall–Kier alpha value is -0.580. The summed E-state index contributed by atoms with van der Waals surface area (Å²) in [6.45, 7) is 4.21. The van der Waals surface area contributed by atoms with Crippen LogP contribution in [0.15, 0.2) is 36.4 Å². The minimum absolute atomic E-state index is 0.347. The number of nitrogens with one attached hydrogen (secondary N) is 2. The molecule has 0 fully saturated rings. The molecule has 0 aliphatic rings. The van der Waals surface area contributed by atoms with Crippen molar-refractivity contribution in [3.8, 4) is 11.5 Å². The Balaban J connectivity index is 1.31. The van der Waals surface area contributed by atoms with Gasteiger partial charge in [-0.1, -0.05) is 50.7 Å². The summed E-state index contributed by atoms with van der Waals surface area (Å²) >= 11 is 4.47. The largest absolute Gasteiger partial charge is 0.508 e. The number of halogens is 2. The molecule has 0 amide bonds. The molecule has 0 saturated heterocycles. The fraction of sp³-hybridized carbons (Fsp3) is 0.538. The molecule has 0 bridgehead atoms. The van der Waals surface area contributed by atoms with E-state index in [9.17, 15) is 10.2 Å². The zero-order valence-electron chi connectivity index (χ0n) is 19.0. The normalized spacial score (nSPS) is 11.2. The summed E-state index contributed by atoms with van der Waals surface area (Å²) in [5, 5.41) is 26.1. The van der Waals surface area contributed by atoms with Gasteiger partial charge in [0, 0.05) is 3.57 Å². The van der Waals surface area contributed by atoms with Gasteiger partial charge in [0.05, 0.1) is 3.57 Å². The number of hydrogen-bond acceptors (Lipinski definition) is 4. The number of phenols is 2. The summed E-state index contributed by atoms with van der Waals surface area (Å²) in [6.07, 6.45) is 12.6. The fourth-order valence-electron chi connectivity index (χ4n) is 3.71. The lowest BCUT2D eigenvalue weighted by Crippen LogP contribution is -2.18. The first kappa shape index (κ1) is 27.7. The lowest BCUT2D eigenvalue weighted by molar-refractivity contribution is 0.471.